The van der Waals surface area contributed by atoms with E-state index in [1.54, 1.807) is 5.38 Å². The van der Waals surface area contributed by atoms with E-state index in [1.165, 1.54) is 34.7 Å². The normalized spacial score (nSPS) is 14.6. The van der Waals surface area contributed by atoms with Crippen molar-refractivity contribution in [1.29, 1.82) is 0 Å². The number of hydrogen-bond donors (Lipinski definition) is 0. The van der Waals surface area contributed by atoms with Gasteiger partial charge in [-0.3, -0.25) is 4.79 Å². The standard InChI is InChI=1S/C23H21F3N2OS/c1-15(28-13-12-16-4-2-3-5-20(16)28)6-11-21(29)19-14-30-22(27-19)17-7-9-18(10-8-17)23(24,25)26/h2-5,7-10,14-15H,6,11-13H2,1H3. The van der Waals surface area contributed by atoms with Gasteiger partial charge < -0.3 is 4.90 Å². The number of aromatic nitrogens is 1. The van der Waals surface area contributed by atoms with Crippen molar-refractivity contribution in [1.82, 2.24) is 4.98 Å². The third-order valence-electron chi connectivity index (χ3n) is 5.49. The summed E-state index contributed by atoms with van der Waals surface area (Å²) in [6, 6.07) is 13.4. The Morgan fingerprint density at radius 2 is 1.90 bits per heavy atom. The fourth-order valence-electron chi connectivity index (χ4n) is 3.78. The average Bonchev–Trinajstić information content (AvgIpc) is 3.39. The van der Waals surface area contributed by atoms with E-state index < -0.39 is 11.7 Å². The van der Waals surface area contributed by atoms with E-state index in [9.17, 15) is 18.0 Å². The Kier molecular flexibility index (Phi) is 5.64. The van der Waals surface area contributed by atoms with Gasteiger partial charge in [0.2, 0.25) is 0 Å². The van der Waals surface area contributed by atoms with Crippen molar-refractivity contribution < 1.29 is 18.0 Å². The van der Waals surface area contributed by atoms with Gasteiger partial charge in [0.25, 0.3) is 0 Å². The number of fused-ring (bicyclic) bond motifs is 1. The topological polar surface area (TPSA) is 33.2 Å². The molecule has 1 aromatic heterocycles. The maximum Gasteiger partial charge on any atom is 0.416 e. The van der Waals surface area contributed by atoms with Gasteiger partial charge in [-0.05, 0) is 43.5 Å². The van der Waals surface area contributed by atoms with Crippen molar-refractivity contribution in [2.24, 2.45) is 0 Å². The van der Waals surface area contributed by atoms with E-state index in [-0.39, 0.29) is 11.8 Å². The molecular formula is C23H21F3N2OS. The molecule has 30 heavy (non-hydrogen) atoms. The van der Waals surface area contributed by atoms with Gasteiger partial charge in [0.05, 0.1) is 5.56 Å². The Balaban J connectivity index is 1.38. The van der Waals surface area contributed by atoms with Crippen LogP contribution in [0.15, 0.2) is 53.9 Å². The number of ketones is 1. The molecule has 7 heteroatoms. The summed E-state index contributed by atoms with van der Waals surface area (Å²) >= 11 is 1.27. The number of nitrogens with zero attached hydrogens (tertiary/aromatic N) is 2. The van der Waals surface area contributed by atoms with Crippen LogP contribution < -0.4 is 4.90 Å². The zero-order chi connectivity index (χ0) is 21.3. The second kappa shape index (κ2) is 8.22. The molecule has 4 rings (SSSR count). The lowest BCUT2D eigenvalue weighted by molar-refractivity contribution is -0.137. The zero-order valence-corrected chi connectivity index (χ0v) is 17.3. The summed E-state index contributed by atoms with van der Waals surface area (Å²) in [5, 5.41) is 2.24. The molecule has 1 atom stereocenters. The molecule has 0 amide bonds. The number of anilines is 1. The summed E-state index contributed by atoms with van der Waals surface area (Å²) in [5.74, 6) is -0.0382. The van der Waals surface area contributed by atoms with Crippen molar-refractivity contribution in [2.75, 3.05) is 11.4 Å². The number of carbonyl (C=O) groups excluding carboxylic acids is 1. The molecule has 156 valence electrons. The predicted molar refractivity (Wildman–Crippen MR) is 113 cm³/mol. The third kappa shape index (κ3) is 4.26. The molecule has 0 radical (unpaired) electrons. The maximum absolute atomic E-state index is 12.7. The second-order valence-electron chi connectivity index (χ2n) is 7.50. The Hall–Kier alpha value is -2.67. The van der Waals surface area contributed by atoms with Gasteiger partial charge in [-0.1, -0.05) is 30.3 Å². The molecule has 0 bridgehead atoms. The van der Waals surface area contributed by atoms with Crippen LogP contribution in [0, 0.1) is 0 Å². The van der Waals surface area contributed by atoms with Crippen LogP contribution in [0.1, 0.15) is 41.4 Å². The SMILES string of the molecule is CC(CCC(=O)c1csc(-c2ccc(C(F)(F)F)cc2)n1)N1CCc2ccccc21. The van der Waals surface area contributed by atoms with Gasteiger partial charge >= 0.3 is 6.18 Å². The number of thiazole rings is 1. The summed E-state index contributed by atoms with van der Waals surface area (Å²) in [6.07, 6.45) is -2.23. The minimum Gasteiger partial charge on any atom is -0.368 e. The van der Waals surface area contributed by atoms with Gasteiger partial charge in [-0.25, -0.2) is 4.98 Å². The Labute approximate surface area is 177 Å². The van der Waals surface area contributed by atoms with Crippen LogP contribution in [0.3, 0.4) is 0 Å². The summed E-state index contributed by atoms with van der Waals surface area (Å²) in [7, 11) is 0. The molecule has 2 aromatic carbocycles. The van der Waals surface area contributed by atoms with Crippen molar-refractivity contribution in [2.45, 2.75) is 38.4 Å². The highest BCUT2D eigenvalue weighted by atomic mass is 32.1. The lowest BCUT2D eigenvalue weighted by atomic mass is 10.1. The van der Waals surface area contributed by atoms with Crippen molar-refractivity contribution in [3.63, 3.8) is 0 Å². The lowest BCUT2D eigenvalue weighted by Gasteiger charge is -2.27. The Bertz CT molecular complexity index is 1040. The summed E-state index contributed by atoms with van der Waals surface area (Å²) < 4.78 is 38.1. The van der Waals surface area contributed by atoms with E-state index in [0.29, 0.717) is 22.7 Å². The summed E-state index contributed by atoms with van der Waals surface area (Å²) in [5.41, 5.74) is 2.85. The summed E-state index contributed by atoms with van der Waals surface area (Å²) in [4.78, 5) is 19.3. The molecule has 0 aliphatic carbocycles. The first kappa shape index (κ1) is 20.6. The van der Waals surface area contributed by atoms with E-state index in [2.05, 4.69) is 28.9 Å². The number of alkyl halides is 3. The van der Waals surface area contributed by atoms with E-state index in [1.807, 2.05) is 12.1 Å². The molecule has 3 nitrogen and oxygen atoms in total. The quantitative estimate of drug-likeness (QED) is 0.434. The smallest absolute Gasteiger partial charge is 0.368 e. The first-order chi connectivity index (χ1) is 14.3. The number of carbonyl (C=O) groups is 1. The molecule has 0 spiro atoms. The van der Waals surface area contributed by atoms with Crippen LogP contribution in [0.4, 0.5) is 18.9 Å². The molecule has 2 heterocycles. The first-order valence-corrected chi connectivity index (χ1v) is 10.7. The van der Waals surface area contributed by atoms with Crippen LogP contribution in [-0.4, -0.2) is 23.4 Å². The molecule has 0 saturated carbocycles. The van der Waals surface area contributed by atoms with Crippen molar-refractivity contribution in [3.05, 3.63) is 70.7 Å². The first-order valence-electron chi connectivity index (χ1n) is 9.84. The minimum absolute atomic E-state index is 0.0382. The van der Waals surface area contributed by atoms with Crippen molar-refractivity contribution in [3.8, 4) is 10.6 Å². The van der Waals surface area contributed by atoms with Crippen LogP contribution in [0.25, 0.3) is 10.6 Å². The highest BCUT2D eigenvalue weighted by Crippen LogP contribution is 2.33. The number of hydrogen-bond acceptors (Lipinski definition) is 4. The van der Waals surface area contributed by atoms with E-state index in [4.69, 9.17) is 0 Å². The fourth-order valence-corrected chi connectivity index (χ4v) is 4.61. The fraction of sp³-hybridized carbons (Fsp3) is 0.304. The average molecular weight is 430 g/mol. The highest BCUT2D eigenvalue weighted by Gasteiger charge is 2.30. The minimum atomic E-state index is -4.37. The third-order valence-corrected chi connectivity index (χ3v) is 6.38. The van der Waals surface area contributed by atoms with Crippen LogP contribution >= 0.6 is 11.3 Å². The van der Waals surface area contributed by atoms with Crippen LogP contribution in [0.5, 0.6) is 0 Å². The lowest BCUT2D eigenvalue weighted by Crippen LogP contribution is -2.31. The maximum atomic E-state index is 12.7. The Morgan fingerprint density at radius 3 is 2.63 bits per heavy atom. The van der Waals surface area contributed by atoms with Gasteiger partial charge in [0.15, 0.2) is 5.78 Å². The molecule has 0 fully saturated rings. The molecule has 0 N–H and O–H groups in total. The Morgan fingerprint density at radius 1 is 1.17 bits per heavy atom. The van der Waals surface area contributed by atoms with E-state index in [0.717, 1.165) is 31.5 Å². The largest absolute Gasteiger partial charge is 0.416 e. The molecule has 0 saturated heterocycles. The monoisotopic (exact) mass is 430 g/mol. The number of para-hydroxylation sites is 1. The number of Topliss-reactive ketones (excluding diaryl/α,β-unsaturated/α-hetero) is 1. The molecular weight excluding hydrogens is 409 g/mol. The number of halogens is 3. The second-order valence-corrected chi connectivity index (χ2v) is 8.35. The van der Waals surface area contributed by atoms with Gasteiger partial charge in [-0.15, -0.1) is 11.3 Å². The molecule has 1 aliphatic rings. The van der Waals surface area contributed by atoms with E-state index >= 15 is 0 Å². The van der Waals surface area contributed by atoms with Crippen LogP contribution in [-0.2, 0) is 12.6 Å². The highest BCUT2D eigenvalue weighted by molar-refractivity contribution is 7.13. The molecule has 1 unspecified atom stereocenters. The predicted octanol–water partition coefficient (Wildman–Crippen LogP) is 6.24. The number of benzene rings is 2. The number of rotatable bonds is 6. The van der Waals surface area contributed by atoms with Gasteiger partial charge in [0.1, 0.15) is 10.7 Å². The van der Waals surface area contributed by atoms with Gasteiger partial charge in [-0.2, -0.15) is 13.2 Å². The zero-order valence-electron chi connectivity index (χ0n) is 16.4. The van der Waals surface area contributed by atoms with Crippen LogP contribution in [0.2, 0.25) is 0 Å². The summed E-state index contributed by atoms with van der Waals surface area (Å²) in [6.45, 7) is 3.09. The molecule has 1 aliphatic heterocycles. The molecule has 3 aromatic rings. The van der Waals surface area contributed by atoms with Gasteiger partial charge in [0, 0.05) is 35.6 Å². The van der Waals surface area contributed by atoms with Crippen molar-refractivity contribution >= 4 is 22.8 Å².